The van der Waals surface area contributed by atoms with Gasteiger partial charge in [0.25, 0.3) is 0 Å². The van der Waals surface area contributed by atoms with Gasteiger partial charge in [0.2, 0.25) is 0 Å². The molecule has 1 nitrogen and oxygen atoms in total. The molecule has 4 aromatic rings. The first kappa shape index (κ1) is 14.8. The van der Waals surface area contributed by atoms with Crippen LogP contribution < -0.4 is 0 Å². The number of nitrogens with one attached hydrogen (secondary N) is 1. The number of aromatic nitrogens is 1. The van der Waals surface area contributed by atoms with Crippen molar-refractivity contribution in [3.05, 3.63) is 107 Å². The Labute approximate surface area is 143 Å². The topological polar surface area (TPSA) is 15.8 Å². The van der Waals surface area contributed by atoms with Gasteiger partial charge in [-0.3, -0.25) is 0 Å². The Bertz CT molecular complexity index is 962. The summed E-state index contributed by atoms with van der Waals surface area (Å²) in [6, 6.07) is 28.3. The summed E-state index contributed by atoms with van der Waals surface area (Å²) in [4.78, 5) is 3.56. The Morgan fingerprint density at radius 3 is 2.04 bits per heavy atom. The van der Waals surface area contributed by atoms with E-state index in [1.54, 1.807) is 0 Å². The van der Waals surface area contributed by atoms with E-state index in [4.69, 9.17) is 0 Å². The van der Waals surface area contributed by atoms with Gasteiger partial charge in [0.1, 0.15) is 0 Å². The Morgan fingerprint density at radius 1 is 0.667 bits per heavy atom. The van der Waals surface area contributed by atoms with Crippen LogP contribution >= 0.6 is 0 Å². The molecule has 1 unspecified atom stereocenters. The molecule has 1 atom stereocenters. The highest BCUT2D eigenvalue weighted by atomic mass is 14.7. The van der Waals surface area contributed by atoms with Crippen molar-refractivity contribution in [1.29, 1.82) is 0 Å². The van der Waals surface area contributed by atoms with E-state index in [9.17, 15) is 0 Å². The van der Waals surface area contributed by atoms with Crippen LogP contribution in [-0.2, 0) is 0 Å². The summed E-state index contributed by atoms with van der Waals surface area (Å²) in [6.07, 6.45) is 0. The molecular formula is C23H21N. The minimum Gasteiger partial charge on any atom is -0.358 e. The largest absolute Gasteiger partial charge is 0.358 e. The molecule has 24 heavy (non-hydrogen) atoms. The lowest BCUT2D eigenvalue weighted by Crippen LogP contribution is -2.04. The second kappa shape index (κ2) is 6.01. The zero-order chi connectivity index (χ0) is 16.5. The number of hydrogen-bond donors (Lipinski definition) is 1. The van der Waals surface area contributed by atoms with E-state index < -0.39 is 0 Å². The van der Waals surface area contributed by atoms with Crippen molar-refractivity contribution in [1.82, 2.24) is 4.98 Å². The van der Waals surface area contributed by atoms with Crippen LogP contribution in [0.25, 0.3) is 10.9 Å². The maximum absolute atomic E-state index is 3.56. The van der Waals surface area contributed by atoms with E-state index in [0.29, 0.717) is 0 Å². The van der Waals surface area contributed by atoms with Crippen LogP contribution in [0.4, 0.5) is 0 Å². The van der Waals surface area contributed by atoms with Gasteiger partial charge in [-0.2, -0.15) is 0 Å². The van der Waals surface area contributed by atoms with Gasteiger partial charge in [0.05, 0.1) is 0 Å². The van der Waals surface area contributed by atoms with E-state index in [1.807, 2.05) is 0 Å². The number of H-pyrrole nitrogens is 1. The van der Waals surface area contributed by atoms with Gasteiger partial charge in [-0.1, -0.05) is 78.4 Å². The maximum Gasteiger partial charge on any atom is 0.0459 e. The minimum atomic E-state index is 0.239. The minimum absolute atomic E-state index is 0.239. The Morgan fingerprint density at radius 2 is 1.29 bits per heavy atom. The summed E-state index contributed by atoms with van der Waals surface area (Å²) in [5.41, 5.74) is 7.78. The number of benzene rings is 3. The number of para-hydroxylation sites is 1. The molecule has 118 valence electrons. The first-order valence-corrected chi connectivity index (χ1v) is 8.43. The first-order valence-electron chi connectivity index (χ1n) is 8.43. The third kappa shape index (κ3) is 2.52. The van der Waals surface area contributed by atoms with Crippen LogP contribution in [0, 0.1) is 13.8 Å². The zero-order valence-corrected chi connectivity index (χ0v) is 14.1. The fraction of sp³-hybridized carbons (Fsp3) is 0.130. The van der Waals surface area contributed by atoms with Crippen molar-refractivity contribution in [2.75, 3.05) is 0 Å². The molecule has 1 aromatic heterocycles. The quantitative estimate of drug-likeness (QED) is 0.480. The van der Waals surface area contributed by atoms with Gasteiger partial charge in [-0.05, 0) is 36.6 Å². The third-order valence-corrected chi connectivity index (χ3v) is 4.78. The average molecular weight is 311 g/mol. The number of aromatic amines is 1. The monoisotopic (exact) mass is 311 g/mol. The average Bonchev–Trinajstić information content (AvgIpc) is 2.94. The summed E-state index contributed by atoms with van der Waals surface area (Å²) in [6.45, 7) is 4.32. The first-order chi connectivity index (χ1) is 11.7. The van der Waals surface area contributed by atoms with Gasteiger partial charge < -0.3 is 4.98 Å². The summed E-state index contributed by atoms with van der Waals surface area (Å²) >= 11 is 0. The second-order valence-corrected chi connectivity index (χ2v) is 6.46. The van der Waals surface area contributed by atoms with E-state index in [0.717, 1.165) is 0 Å². The fourth-order valence-corrected chi connectivity index (χ4v) is 3.60. The molecular weight excluding hydrogens is 290 g/mol. The smallest absolute Gasteiger partial charge is 0.0459 e. The van der Waals surface area contributed by atoms with Crippen molar-refractivity contribution in [2.45, 2.75) is 19.8 Å². The fourth-order valence-electron chi connectivity index (χ4n) is 3.60. The van der Waals surface area contributed by atoms with E-state index in [2.05, 4.69) is 97.7 Å². The molecule has 1 heteroatoms. The highest BCUT2D eigenvalue weighted by molar-refractivity contribution is 5.86. The molecule has 0 saturated carbocycles. The summed E-state index contributed by atoms with van der Waals surface area (Å²) in [5, 5.41) is 1.31. The summed E-state index contributed by atoms with van der Waals surface area (Å²) in [7, 11) is 0. The molecule has 0 aliphatic heterocycles. The van der Waals surface area contributed by atoms with Crippen LogP contribution in [0.3, 0.4) is 0 Å². The molecule has 1 heterocycles. The maximum atomic E-state index is 3.56. The van der Waals surface area contributed by atoms with Gasteiger partial charge in [-0.15, -0.1) is 0 Å². The number of hydrogen-bond acceptors (Lipinski definition) is 0. The SMILES string of the molecule is Cc1ccc(C(c2ccccc2)c2c(C)[nH]c3ccccc23)cc1. The standard InChI is InChI=1S/C23H21N/c1-16-12-14-19(15-13-16)23(18-8-4-3-5-9-18)22-17(2)24-21-11-7-6-10-20(21)22/h3-15,23-24H,1-2H3. The predicted molar refractivity (Wildman–Crippen MR) is 102 cm³/mol. The Kier molecular flexibility index (Phi) is 3.70. The molecule has 4 rings (SSSR count). The van der Waals surface area contributed by atoms with Gasteiger partial charge in [0.15, 0.2) is 0 Å². The lowest BCUT2D eigenvalue weighted by Gasteiger charge is -2.19. The van der Waals surface area contributed by atoms with Crippen molar-refractivity contribution in [2.24, 2.45) is 0 Å². The highest BCUT2D eigenvalue weighted by Crippen LogP contribution is 2.38. The summed E-state index contributed by atoms with van der Waals surface area (Å²) < 4.78 is 0. The second-order valence-electron chi connectivity index (χ2n) is 6.46. The molecule has 0 saturated heterocycles. The molecule has 1 N–H and O–H groups in total. The number of rotatable bonds is 3. The van der Waals surface area contributed by atoms with Gasteiger partial charge >= 0.3 is 0 Å². The van der Waals surface area contributed by atoms with E-state index in [1.165, 1.54) is 38.9 Å². The molecule has 0 aliphatic carbocycles. The highest BCUT2D eigenvalue weighted by Gasteiger charge is 2.22. The lowest BCUT2D eigenvalue weighted by atomic mass is 9.83. The zero-order valence-electron chi connectivity index (χ0n) is 14.1. The molecule has 0 aliphatic rings. The van der Waals surface area contributed by atoms with Crippen molar-refractivity contribution in [3.63, 3.8) is 0 Å². The van der Waals surface area contributed by atoms with Crippen LogP contribution in [0.2, 0.25) is 0 Å². The number of fused-ring (bicyclic) bond motifs is 1. The van der Waals surface area contributed by atoms with Crippen molar-refractivity contribution < 1.29 is 0 Å². The number of aryl methyl sites for hydroxylation is 2. The normalized spacial score (nSPS) is 12.4. The Balaban J connectivity index is 1.99. The molecule has 3 aromatic carbocycles. The van der Waals surface area contributed by atoms with Crippen LogP contribution in [-0.4, -0.2) is 4.98 Å². The van der Waals surface area contributed by atoms with Gasteiger partial charge in [-0.25, -0.2) is 0 Å². The van der Waals surface area contributed by atoms with Gasteiger partial charge in [0, 0.05) is 22.5 Å². The molecule has 0 amide bonds. The summed E-state index contributed by atoms with van der Waals surface area (Å²) in [5.74, 6) is 0.239. The Hall–Kier alpha value is -2.80. The molecule has 0 bridgehead atoms. The third-order valence-electron chi connectivity index (χ3n) is 4.78. The lowest BCUT2D eigenvalue weighted by molar-refractivity contribution is 0.968. The van der Waals surface area contributed by atoms with Crippen molar-refractivity contribution in [3.8, 4) is 0 Å². The van der Waals surface area contributed by atoms with Crippen LogP contribution in [0.1, 0.15) is 33.9 Å². The predicted octanol–water partition coefficient (Wildman–Crippen LogP) is 5.96. The molecule has 0 spiro atoms. The van der Waals surface area contributed by atoms with Crippen LogP contribution in [0.5, 0.6) is 0 Å². The van der Waals surface area contributed by atoms with E-state index >= 15 is 0 Å². The van der Waals surface area contributed by atoms with Crippen molar-refractivity contribution >= 4 is 10.9 Å². The van der Waals surface area contributed by atoms with E-state index in [-0.39, 0.29) is 5.92 Å². The molecule has 0 radical (unpaired) electrons. The van der Waals surface area contributed by atoms with Crippen LogP contribution in [0.15, 0.2) is 78.9 Å². The molecule has 0 fully saturated rings.